The van der Waals surface area contributed by atoms with Crippen LogP contribution in [0.15, 0.2) is 30.3 Å². The summed E-state index contributed by atoms with van der Waals surface area (Å²) < 4.78 is 1.90. The molecule has 0 saturated carbocycles. The summed E-state index contributed by atoms with van der Waals surface area (Å²) in [4.78, 5) is 0. The van der Waals surface area contributed by atoms with Crippen molar-refractivity contribution in [3.8, 4) is 5.69 Å². The molecule has 0 aliphatic rings. The van der Waals surface area contributed by atoms with E-state index in [1.807, 2.05) is 42.8 Å². The van der Waals surface area contributed by atoms with Crippen LogP contribution >= 0.6 is 0 Å². The molecule has 0 N–H and O–H groups in total. The second-order valence-electron chi connectivity index (χ2n) is 3.09. The topological polar surface area (TPSA) is 17.8 Å². The third kappa shape index (κ3) is 1.47. The number of aromatic nitrogens is 2. The van der Waals surface area contributed by atoms with E-state index in [0.29, 0.717) is 0 Å². The van der Waals surface area contributed by atoms with Crippen molar-refractivity contribution in [2.75, 3.05) is 0 Å². The first-order valence-electron chi connectivity index (χ1n) is 4.28. The molecule has 1 radical (unpaired) electrons. The number of rotatable bonds is 1. The summed E-state index contributed by atoms with van der Waals surface area (Å²) in [7, 11) is 0. The van der Waals surface area contributed by atoms with Crippen molar-refractivity contribution in [2.45, 2.75) is 13.8 Å². The van der Waals surface area contributed by atoms with Gasteiger partial charge in [0.05, 0.1) is 11.4 Å². The molecule has 2 rings (SSSR count). The first-order valence-corrected chi connectivity index (χ1v) is 4.28. The highest BCUT2D eigenvalue weighted by Crippen LogP contribution is 2.09. The molecule has 2 nitrogen and oxygen atoms in total. The van der Waals surface area contributed by atoms with Gasteiger partial charge in [0.1, 0.15) is 0 Å². The second kappa shape index (κ2) is 3.05. The smallest absolute Gasteiger partial charge is 0.0727 e. The van der Waals surface area contributed by atoms with E-state index in [1.165, 1.54) is 0 Å². The Morgan fingerprint density at radius 3 is 2.69 bits per heavy atom. The molecule has 0 saturated heterocycles. The van der Waals surface area contributed by atoms with E-state index in [0.717, 1.165) is 17.1 Å². The fraction of sp³-hybridized carbons (Fsp3) is 0.182. The molecule has 1 heterocycles. The Labute approximate surface area is 77.8 Å². The SMILES string of the molecule is Cc1cc(C)n(-c2[c]cccc2)n1. The third-order valence-corrected chi connectivity index (χ3v) is 1.93. The Bertz CT molecular complexity index is 401. The van der Waals surface area contributed by atoms with Crippen LogP contribution in [0.3, 0.4) is 0 Å². The highest BCUT2D eigenvalue weighted by Gasteiger charge is 2.01. The van der Waals surface area contributed by atoms with Gasteiger partial charge in [-0.1, -0.05) is 18.2 Å². The number of para-hydroxylation sites is 1. The van der Waals surface area contributed by atoms with E-state index in [-0.39, 0.29) is 0 Å². The lowest BCUT2D eigenvalue weighted by Crippen LogP contribution is -1.98. The van der Waals surface area contributed by atoms with Crippen molar-refractivity contribution >= 4 is 0 Å². The van der Waals surface area contributed by atoms with Gasteiger partial charge >= 0.3 is 0 Å². The predicted molar refractivity (Wildman–Crippen MR) is 51.9 cm³/mol. The average molecular weight is 171 g/mol. The zero-order chi connectivity index (χ0) is 9.26. The number of hydrogen-bond acceptors (Lipinski definition) is 1. The summed E-state index contributed by atoms with van der Waals surface area (Å²) in [5.74, 6) is 0. The van der Waals surface area contributed by atoms with Gasteiger partial charge in [-0.25, -0.2) is 4.68 Å². The monoisotopic (exact) mass is 171 g/mol. The van der Waals surface area contributed by atoms with Gasteiger partial charge in [0.25, 0.3) is 0 Å². The lowest BCUT2D eigenvalue weighted by atomic mass is 10.3. The van der Waals surface area contributed by atoms with Crippen LogP contribution in [-0.2, 0) is 0 Å². The lowest BCUT2D eigenvalue weighted by Gasteiger charge is -2.01. The van der Waals surface area contributed by atoms with Gasteiger partial charge in [-0.05, 0) is 26.0 Å². The van der Waals surface area contributed by atoms with Crippen molar-refractivity contribution in [3.63, 3.8) is 0 Å². The van der Waals surface area contributed by atoms with Crippen LogP contribution in [-0.4, -0.2) is 9.78 Å². The number of benzene rings is 1. The maximum Gasteiger partial charge on any atom is 0.0727 e. The standard InChI is InChI=1S/C11H11N2/c1-9-8-10(2)13(12-9)11-6-4-3-5-7-11/h3-6,8H,1-2H3. The Kier molecular flexibility index (Phi) is 1.89. The van der Waals surface area contributed by atoms with Crippen LogP contribution < -0.4 is 0 Å². The summed E-state index contributed by atoms with van der Waals surface area (Å²) in [5.41, 5.74) is 3.17. The molecule has 0 bridgehead atoms. The minimum atomic E-state index is 0.994. The van der Waals surface area contributed by atoms with Crippen molar-refractivity contribution in [1.29, 1.82) is 0 Å². The zero-order valence-corrected chi connectivity index (χ0v) is 7.78. The molecule has 2 aromatic rings. The largest absolute Gasteiger partial charge is 0.237 e. The molecule has 0 aliphatic heterocycles. The minimum Gasteiger partial charge on any atom is -0.237 e. The molecule has 0 spiro atoms. The maximum absolute atomic E-state index is 4.37. The Morgan fingerprint density at radius 1 is 1.31 bits per heavy atom. The molecule has 0 unspecified atom stereocenters. The second-order valence-corrected chi connectivity index (χ2v) is 3.09. The van der Waals surface area contributed by atoms with E-state index in [4.69, 9.17) is 0 Å². The van der Waals surface area contributed by atoms with Gasteiger partial charge < -0.3 is 0 Å². The van der Waals surface area contributed by atoms with Crippen LogP contribution in [0.2, 0.25) is 0 Å². The molecule has 13 heavy (non-hydrogen) atoms. The average Bonchev–Trinajstić information content (AvgIpc) is 2.47. The number of hydrogen-bond donors (Lipinski definition) is 0. The van der Waals surface area contributed by atoms with Crippen molar-refractivity contribution in [1.82, 2.24) is 9.78 Å². The fourth-order valence-electron chi connectivity index (χ4n) is 1.39. The van der Waals surface area contributed by atoms with Crippen molar-refractivity contribution < 1.29 is 0 Å². The first kappa shape index (κ1) is 8.05. The van der Waals surface area contributed by atoms with Crippen LogP contribution in [0.1, 0.15) is 11.4 Å². The van der Waals surface area contributed by atoms with E-state index in [1.54, 1.807) is 0 Å². The predicted octanol–water partition coefficient (Wildman–Crippen LogP) is 2.29. The number of nitrogens with zero attached hydrogens (tertiary/aromatic N) is 2. The zero-order valence-electron chi connectivity index (χ0n) is 7.78. The summed E-state index contributed by atoms with van der Waals surface area (Å²) in [5, 5.41) is 4.37. The lowest BCUT2D eigenvalue weighted by molar-refractivity contribution is 0.832. The molecule has 1 aromatic heterocycles. The summed E-state index contributed by atoms with van der Waals surface area (Å²) in [6.07, 6.45) is 0. The van der Waals surface area contributed by atoms with Crippen molar-refractivity contribution in [2.24, 2.45) is 0 Å². The Hall–Kier alpha value is -1.57. The summed E-state index contributed by atoms with van der Waals surface area (Å²) >= 11 is 0. The van der Waals surface area contributed by atoms with Gasteiger partial charge in [-0.15, -0.1) is 0 Å². The molecule has 0 fully saturated rings. The molecule has 0 atom stereocenters. The maximum atomic E-state index is 4.37. The normalized spacial score (nSPS) is 10.3. The molecular formula is C11H11N2. The molecule has 0 amide bonds. The van der Waals surface area contributed by atoms with Crippen LogP contribution in [0.5, 0.6) is 0 Å². The van der Waals surface area contributed by atoms with E-state index >= 15 is 0 Å². The highest BCUT2D eigenvalue weighted by molar-refractivity contribution is 5.31. The van der Waals surface area contributed by atoms with E-state index in [2.05, 4.69) is 17.2 Å². The van der Waals surface area contributed by atoms with Gasteiger partial charge in [-0.2, -0.15) is 5.10 Å². The molecule has 2 heteroatoms. The van der Waals surface area contributed by atoms with Crippen LogP contribution in [0.4, 0.5) is 0 Å². The first-order chi connectivity index (χ1) is 6.27. The van der Waals surface area contributed by atoms with Gasteiger partial charge in [0, 0.05) is 11.8 Å². The van der Waals surface area contributed by atoms with Gasteiger partial charge in [-0.3, -0.25) is 0 Å². The minimum absolute atomic E-state index is 0.994. The van der Waals surface area contributed by atoms with Gasteiger partial charge in [0.15, 0.2) is 0 Å². The Morgan fingerprint density at radius 2 is 2.15 bits per heavy atom. The molecule has 0 aliphatic carbocycles. The fourth-order valence-corrected chi connectivity index (χ4v) is 1.39. The number of aryl methyl sites for hydroxylation is 2. The van der Waals surface area contributed by atoms with E-state index < -0.39 is 0 Å². The highest BCUT2D eigenvalue weighted by atomic mass is 15.3. The van der Waals surface area contributed by atoms with Crippen LogP contribution in [0.25, 0.3) is 5.69 Å². The Balaban J connectivity index is 2.53. The van der Waals surface area contributed by atoms with Gasteiger partial charge in [0.2, 0.25) is 0 Å². The molecule has 65 valence electrons. The van der Waals surface area contributed by atoms with Crippen LogP contribution in [0, 0.1) is 19.9 Å². The summed E-state index contributed by atoms with van der Waals surface area (Å²) in [6.45, 7) is 4.04. The molecule has 1 aromatic carbocycles. The van der Waals surface area contributed by atoms with E-state index in [9.17, 15) is 0 Å². The molecular weight excluding hydrogens is 160 g/mol. The van der Waals surface area contributed by atoms with Crippen molar-refractivity contribution in [3.05, 3.63) is 47.8 Å². The summed E-state index contributed by atoms with van der Waals surface area (Å²) in [6, 6.07) is 13.0. The quantitative estimate of drug-likeness (QED) is 0.643. The third-order valence-electron chi connectivity index (χ3n) is 1.93.